The molecule has 0 saturated carbocycles. The molecular formula is C14H14ClN5OS. The summed E-state index contributed by atoms with van der Waals surface area (Å²) >= 11 is 7.10. The lowest BCUT2D eigenvalue weighted by atomic mass is 10.2. The van der Waals surface area contributed by atoms with Gasteiger partial charge < -0.3 is 4.90 Å². The molecule has 0 unspecified atom stereocenters. The van der Waals surface area contributed by atoms with Crippen molar-refractivity contribution in [2.75, 3.05) is 19.3 Å². The molecule has 0 radical (unpaired) electrons. The second-order valence-corrected chi connectivity index (χ2v) is 5.86. The Balaban J connectivity index is 1.91. The van der Waals surface area contributed by atoms with Crippen LogP contribution in [0.25, 0.3) is 11.4 Å². The number of halogens is 1. The topological polar surface area (TPSA) is 85.7 Å². The maximum Gasteiger partial charge on any atom is 0.232 e. The quantitative estimate of drug-likeness (QED) is 0.820. The Bertz CT molecular complexity index is 679. The van der Waals surface area contributed by atoms with Crippen molar-refractivity contribution in [3.63, 3.8) is 0 Å². The molecule has 114 valence electrons. The SMILES string of the molecule is CN(CCC#N)C(=O)CSc1n[nH]c(-c2ccc(Cl)cc2)n1. The van der Waals surface area contributed by atoms with Gasteiger partial charge in [0.15, 0.2) is 5.82 Å². The highest BCUT2D eigenvalue weighted by Crippen LogP contribution is 2.21. The summed E-state index contributed by atoms with van der Waals surface area (Å²) in [6, 6.07) is 9.26. The van der Waals surface area contributed by atoms with Gasteiger partial charge in [0.25, 0.3) is 0 Å². The van der Waals surface area contributed by atoms with E-state index in [0.717, 1.165) is 5.56 Å². The van der Waals surface area contributed by atoms with Gasteiger partial charge in [-0.25, -0.2) is 4.98 Å². The number of aromatic nitrogens is 3. The number of H-pyrrole nitrogens is 1. The third-order valence-corrected chi connectivity index (χ3v) is 3.98. The van der Waals surface area contributed by atoms with Crippen molar-refractivity contribution < 1.29 is 4.79 Å². The van der Waals surface area contributed by atoms with Crippen LogP contribution in [0.4, 0.5) is 0 Å². The summed E-state index contributed by atoms with van der Waals surface area (Å²) in [5.41, 5.74) is 0.876. The molecule has 22 heavy (non-hydrogen) atoms. The third kappa shape index (κ3) is 4.48. The standard InChI is InChI=1S/C14H14ClN5OS/c1-20(8-2-7-16)12(21)9-22-14-17-13(18-19-14)10-3-5-11(15)6-4-10/h3-6H,2,8-9H2,1H3,(H,17,18,19). The Labute approximate surface area is 137 Å². The molecule has 1 amide bonds. The zero-order valence-electron chi connectivity index (χ0n) is 11.9. The molecule has 1 N–H and O–H groups in total. The van der Waals surface area contributed by atoms with Gasteiger partial charge in [-0.15, -0.1) is 5.10 Å². The van der Waals surface area contributed by atoms with E-state index in [9.17, 15) is 4.79 Å². The third-order valence-electron chi connectivity index (χ3n) is 2.89. The summed E-state index contributed by atoms with van der Waals surface area (Å²) in [6.07, 6.45) is 0.328. The van der Waals surface area contributed by atoms with Crippen LogP contribution < -0.4 is 0 Å². The lowest BCUT2D eigenvalue weighted by Crippen LogP contribution is -2.29. The molecule has 0 fully saturated rings. The van der Waals surface area contributed by atoms with Gasteiger partial charge in [-0.1, -0.05) is 23.4 Å². The van der Waals surface area contributed by atoms with Crippen molar-refractivity contribution in [1.82, 2.24) is 20.1 Å². The van der Waals surface area contributed by atoms with Crippen molar-refractivity contribution >= 4 is 29.3 Å². The molecule has 1 aromatic carbocycles. The fourth-order valence-corrected chi connectivity index (χ4v) is 2.49. The molecule has 0 aliphatic carbocycles. The summed E-state index contributed by atoms with van der Waals surface area (Å²) < 4.78 is 0. The van der Waals surface area contributed by atoms with Crippen molar-refractivity contribution in [2.45, 2.75) is 11.6 Å². The Kier molecular flexibility index (Phi) is 5.81. The van der Waals surface area contributed by atoms with Gasteiger partial charge in [-0.3, -0.25) is 9.89 Å². The summed E-state index contributed by atoms with van der Waals surface area (Å²) in [5, 5.41) is 16.6. The summed E-state index contributed by atoms with van der Waals surface area (Å²) in [7, 11) is 1.68. The predicted octanol–water partition coefficient (Wildman–Crippen LogP) is 2.59. The molecule has 1 heterocycles. The van der Waals surface area contributed by atoms with Crippen LogP contribution in [-0.4, -0.2) is 45.3 Å². The molecule has 2 rings (SSSR count). The predicted molar refractivity (Wildman–Crippen MR) is 85.4 cm³/mol. The van der Waals surface area contributed by atoms with E-state index in [-0.39, 0.29) is 11.7 Å². The molecule has 0 saturated heterocycles. The van der Waals surface area contributed by atoms with Crippen molar-refractivity contribution in [3.8, 4) is 17.5 Å². The minimum absolute atomic E-state index is 0.0573. The first kappa shape index (κ1) is 16.3. The molecule has 1 aromatic heterocycles. The van der Waals surface area contributed by atoms with Crippen LogP contribution in [0.15, 0.2) is 29.4 Å². The van der Waals surface area contributed by atoms with E-state index >= 15 is 0 Å². The molecule has 8 heteroatoms. The van der Waals surface area contributed by atoms with Crippen molar-refractivity contribution in [2.24, 2.45) is 0 Å². The number of amides is 1. The number of nitrogens with one attached hydrogen (secondary N) is 1. The zero-order chi connectivity index (χ0) is 15.9. The average Bonchev–Trinajstić information content (AvgIpc) is 2.99. The molecule has 0 spiro atoms. The summed E-state index contributed by atoms with van der Waals surface area (Å²) in [6.45, 7) is 0.430. The molecule has 0 aliphatic heterocycles. The van der Waals surface area contributed by atoms with Gasteiger partial charge in [-0.05, 0) is 24.3 Å². The Morgan fingerprint density at radius 3 is 2.86 bits per heavy atom. The van der Waals surface area contributed by atoms with E-state index in [4.69, 9.17) is 16.9 Å². The first-order valence-electron chi connectivity index (χ1n) is 6.52. The first-order valence-corrected chi connectivity index (χ1v) is 7.88. The maximum atomic E-state index is 11.9. The molecule has 2 aromatic rings. The summed E-state index contributed by atoms with van der Waals surface area (Å²) in [4.78, 5) is 17.7. The number of aromatic amines is 1. The highest BCUT2D eigenvalue weighted by atomic mass is 35.5. The van der Waals surface area contributed by atoms with Crippen LogP contribution in [0.2, 0.25) is 5.02 Å². The van der Waals surface area contributed by atoms with E-state index in [1.165, 1.54) is 16.7 Å². The second kappa shape index (κ2) is 7.82. The second-order valence-electron chi connectivity index (χ2n) is 4.49. The maximum absolute atomic E-state index is 11.9. The summed E-state index contributed by atoms with van der Waals surface area (Å²) in [5.74, 6) is 0.808. The van der Waals surface area contributed by atoms with Crippen LogP contribution in [0.3, 0.4) is 0 Å². The molecule has 6 nitrogen and oxygen atoms in total. The first-order chi connectivity index (χ1) is 10.6. The minimum atomic E-state index is -0.0573. The fourth-order valence-electron chi connectivity index (χ4n) is 1.63. The van der Waals surface area contributed by atoms with E-state index in [0.29, 0.717) is 29.0 Å². The Morgan fingerprint density at radius 2 is 2.18 bits per heavy atom. The number of benzene rings is 1. The Morgan fingerprint density at radius 1 is 1.45 bits per heavy atom. The van der Waals surface area contributed by atoms with Gasteiger partial charge in [0, 0.05) is 24.2 Å². The molecular weight excluding hydrogens is 322 g/mol. The van der Waals surface area contributed by atoms with Crippen LogP contribution in [-0.2, 0) is 4.79 Å². The van der Waals surface area contributed by atoms with E-state index in [1.54, 1.807) is 19.2 Å². The largest absolute Gasteiger partial charge is 0.344 e. The van der Waals surface area contributed by atoms with Gasteiger partial charge in [0.05, 0.1) is 18.2 Å². The monoisotopic (exact) mass is 335 g/mol. The van der Waals surface area contributed by atoms with Crippen molar-refractivity contribution in [3.05, 3.63) is 29.3 Å². The number of rotatable bonds is 6. The zero-order valence-corrected chi connectivity index (χ0v) is 13.5. The normalized spacial score (nSPS) is 10.2. The fraction of sp³-hybridized carbons (Fsp3) is 0.286. The lowest BCUT2D eigenvalue weighted by Gasteiger charge is -2.14. The van der Waals surface area contributed by atoms with Crippen LogP contribution in [0, 0.1) is 11.3 Å². The van der Waals surface area contributed by atoms with Gasteiger partial charge in [0.2, 0.25) is 11.1 Å². The molecule has 0 atom stereocenters. The molecule has 0 bridgehead atoms. The average molecular weight is 336 g/mol. The number of carbonyl (C=O) groups excluding carboxylic acids is 1. The van der Waals surface area contributed by atoms with Gasteiger partial charge in [0.1, 0.15) is 0 Å². The molecule has 0 aliphatic rings. The number of thioether (sulfide) groups is 1. The minimum Gasteiger partial charge on any atom is -0.344 e. The number of nitriles is 1. The Hall–Kier alpha value is -2.04. The number of nitrogens with zero attached hydrogens (tertiary/aromatic N) is 4. The smallest absolute Gasteiger partial charge is 0.232 e. The number of hydrogen-bond acceptors (Lipinski definition) is 5. The highest BCUT2D eigenvalue weighted by molar-refractivity contribution is 7.99. The van der Waals surface area contributed by atoms with E-state index in [1.807, 2.05) is 18.2 Å². The van der Waals surface area contributed by atoms with E-state index < -0.39 is 0 Å². The van der Waals surface area contributed by atoms with Crippen LogP contribution in [0.5, 0.6) is 0 Å². The highest BCUT2D eigenvalue weighted by Gasteiger charge is 2.12. The van der Waals surface area contributed by atoms with Crippen LogP contribution >= 0.6 is 23.4 Å². The van der Waals surface area contributed by atoms with Gasteiger partial charge >= 0.3 is 0 Å². The van der Waals surface area contributed by atoms with E-state index in [2.05, 4.69) is 15.2 Å². The number of carbonyl (C=O) groups is 1. The lowest BCUT2D eigenvalue weighted by molar-refractivity contribution is -0.127. The van der Waals surface area contributed by atoms with Gasteiger partial charge in [-0.2, -0.15) is 5.26 Å². The number of hydrogen-bond donors (Lipinski definition) is 1. The van der Waals surface area contributed by atoms with Crippen molar-refractivity contribution in [1.29, 1.82) is 5.26 Å². The van der Waals surface area contributed by atoms with Crippen LogP contribution in [0.1, 0.15) is 6.42 Å².